The topological polar surface area (TPSA) is 49.4 Å². The van der Waals surface area contributed by atoms with Gasteiger partial charge in [0, 0.05) is 19.0 Å². The summed E-state index contributed by atoms with van der Waals surface area (Å²) >= 11 is 0. The molecule has 0 radical (unpaired) electrons. The minimum absolute atomic E-state index is 0.515. The van der Waals surface area contributed by atoms with Crippen molar-refractivity contribution in [3.63, 3.8) is 0 Å². The Morgan fingerprint density at radius 1 is 1.05 bits per heavy atom. The summed E-state index contributed by atoms with van der Waals surface area (Å²) in [6.07, 6.45) is 0. The number of fused-ring (bicyclic) bond motifs is 1. The molecule has 0 unspecified atom stereocenters. The normalized spacial score (nSPS) is 10.9. The molecular formula is C18H20N2O2. The number of hydrogen-bond acceptors (Lipinski definition) is 3. The van der Waals surface area contributed by atoms with Gasteiger partial charge in [-0.3, -0.25) is 0 Å². The molecule has 0 saturated carbocycles. The summed E-state index contributed by atoms with van der Waals surface area (Å²) in [6.45, 7) is 1.05. The van der Waals surface area contributed by atoms with Crippen LogP contribution in [0.3, 0.4) is 0 Å². The first-order valence-electron chi connectivity index (χ1n) is 7.26. The van der Waals surface area contributed by atoms with Crippen molar-refractivity contribution in [1.82, 2.24) is 4.57 Å². The molecule has 0 saturated heterocycles. The van der Waals surface area contributed by atoms with E-state index in [4.69, 9.17) is 15.2 Å². The van der Waals surface area contributed by atoms with Crippen LogP contribution in [-0.2, 0) is 20.2 Å². The minimum atomic E-state index is 0.515. The van der Waals surface area contributed by atoms with E-state index in [1.165, 1.54) is 10.9 Å². The van der Waals surface area contributed by atoms with Gasteiger partial charge in [0.15, 0.2) is 0 Å². The van der Waals surface area contributed by atoms with Crippen LogP contribution in [0.2, 0.25) is 0 Å². The first-order chi connectivity index (χ1) is 10.7. The fraction of sp³-hybridized carbons (Fsp3) is 0.222. The van der Waals surface area contributed by atoms with E-state index in [0.29, 0.717) is 13.2 Å². The quantitative estimate of drug-likeness (QED) is 0.786. The standard InChI is InChI=1S/C18H20N2O2/c1-20-15(10-13-4-3-5-14(11-19)18(13)20)12-22-17-8-6-16(21-2)7-9-17/h3-10H,11-12,19H2,1-2H3. The summed E-state index contributed by atoms with van der Waals surface area (Å²) < 4.78 is 13.2. The first-order valence-corrected chi connectivity index (χ1v) is 7.26. The molecule has 0 bridgehead atoms. The van der Waals surface area contributed by atoms with Crippen LogP contribution in [-0.4, -0.2) is 11.7 Å². The van der Waals surface area contributed by atoms with E-state index in [2.05, 4.69) is 22.8 Å². The molecule has 2 aromatic carbocycles. The Bertz CT molecular complexity index is 776. The van der Waals surface area contributed by atoms with Crippen molar-refractivity contribution in [3.8, 4) is 11.5 Å². The van der Waals surface area contributed by atoms with Crippen molar-refractivity contribution in [3.05, 3.63) is 59.8 Å². The summed E-state index contributed by atoms with van der Waals surface area (Å²) in [7, 11) is 3.70. The highest BCUT2D eigenvalue weighted by molar-refractivity contribution is 5.84. The van der Waals surface area contributed by atoms with Crippen LogP contribution in [0.5, 0.6) is 11.5 Å². The Labute approximate surface area is 130 Å². The van der Waals surface area contributed by atoms with E-state index in [9.17, 15) is 0 Å². The second kappa shape index (κ2) is 6.12. The Balaban J connectivity index is 1.83. The SMILES string of the molecule is COc1ccc(OCc2cc3cccc(CN)c3n2C)cc1. The lowest BCUT2D eigenvalue weighted by atomic mass is 10.1. The van der Waals surface area contributed by atoms with Crippen molar-refractivity contribution in [2.45, 2.75) is 13.2 Å². The number of ether oxygens (including phenoxy) is 2. The zero-order chi connectivity index (χ0) is 15.5. The highest BCUT2D eigenvalue weighted by Crippen LogP contribution is 2.24. The van der Waals surface area contributed by atoms with Gasteiger partial charge in [0.25, 0.3) is 0 Å². The molecule has 0 atom stereocenters. The highest BCUT2D eigenvalue weighted by Gasteiger charge is 2.09. The lowest BCUT2D eigenvalue weighted by Crippen LogP contribution is -2.04. The van der Waals surface area contributed by atoms with Gasteiger partial charge < -0.3 is 19.8 Å². The van der Waals surface area contributed by atoms with Crippen LogP contribution in [0.15, 0.2) is 48.5 Å². The van der Waals surface area contributed by atoms with E-state index >= 15 is 0 Å². The molecule has 4 heteroatoms. The number of aromatic nitrogens is 1. The summed E-state index contributed by atoms with van der Waals surface area (Å²) in [4.78, 5) is 0. The van der Waals surface area contributed by atoms with E-state index in [1.807, 2.05) is 37.4 Å². The second-order valence-corrected chi connectivity index (χ2v) is 5.22. The fourth-order valence-corrected chi connectivity index (χ4v) is 2.69. The van der Waals surface area contributed by atoms with Crippen molar-refractivity contribution >= 4 is 10.9 Å². The van der Waals surface area contributed by atoms with E-state index in [1.54, 1.807) is 7.11 Å². The van der Waals surface area contributed by atoms with E-state index in [-0.39, 0.29) is 0 Å². The lowest BCUT2D eigenvalue weighted by molar-refractivity contribution is 0.297. The monoisotopic (exact) mass is 296 g/mol. The molecule has 2 N–H and O–H groups in total. The molecule has 0 fully saturated rings. The van der Waals surface area contributed by atoms with E-state index in [0.717, 1.165) is 22.8 Å². The predicted octanol–water partition coefficient (Wildman–Crippen LogP) is 3.22. The molecule has 3 rings (SSSR count). The van der Waals surface area contributed by atoms with Gasteiger partial charge in [-0.1, -0.05) is 18.2 Å². The molecule has 4 nitrogen and oxygen atoms in total. The fourth-order valence-electron chi connectivity index (χ4n) is 2.69. The van der Waals surface area contributed by atoms with Crippen LogP contribution < -0.4 is 15.2 Å². The van der Waals surface area contributed by atoms with Gasteiger partial charge in [0.05, 0.1) is 18.3 Å². The smallest absolute Gasteiger partial charge is 0.128 e. The summed E-state index contributed by atoms with van der Waals surface area (Å²) in [6, 6.07) is 16.0. The van der Waals surface area contributed by atoms with Crippen molar-refractivity contribution < 1.29 is 9.47 Å². The third-order valence-electron chi connectivity index (χ3n) is 3.91. The molecule has 1 heterocycles. The summed E-state index contributed by atoms with van der Waals surface area (Å²) in [5.41, 5.74) is 9.28. The zero-order valence-electron chi connectivity index (χ0n) is 12.9. The van der Waals surface area contributed by atoms with Crippen LogP contribution in [0, 0.1) is 0 Å². The number of nitrogens with zero attached hydrogens (tertiary/aromatic N) is 1. The van der Waals surface area contributed by atoms with Crippen LogP contribution in [0.1, 0.15) is 11.3 Å². The van der Waals surface area contributed by atoms with Crippen LogP contribution in [0.4, 0.5) is 0 Å². The number of rotatable bonds is 5. The van der Waals surface area contributed by atoms with Crippen LogP contribution in [0.25, 0.3) is 10.9 Å². The van der Waals surface area contributed by atoms with Gasteiger partial charge in [0.1, 0.15) is 18.1 Å². The van der Waals surface area contributed by atoms with Crippen LogP contribution >= 0.6 is 0 Å². The third-order valence-corrected chi connectivity index (χ3v) is 3.91. The first kappa shape index (κ1) is 14.5. The number of aryl methyl sites for hydroxylation is 1. The number of hydrogen-bond donors (Lipinski definition) is 1. The van der Waals surface area contributed by atoms with Gasteiger partial charge in [0.2, 0.25) is 0 Å². The maximum Gasteiger partial charge on any atom is 0.128 e. The number of methoxy groups -OCH3 is 1. The zero-order valence-corrected chi connectivity index (χ0v) is 12.9. The number of benzene rings is 2. The molecular weight excluding hydrogens is 276 g/mol. The van der Waals surface area contributed by atoms with Gasteiger partial charge in [-0.15, -0.1) is 0 Å². The molecule has 0 aliphatic carbocycles. The van der Waals surface area contributed by atoms with Crippen molar-refractivity contribution in [2.75, 3.05) is 7.11 Å². The Hall–Kier alpha value is -2.46. The van der Waals surface area contributed by atoms with Gasteiger partial charge >= 0.3 is 0 Å². The molecule has 3 aromatic rings. The highest BCUT2D eigenvalue weighted by atomic mass is 16.5. The Morgan fingerprint density at radius 3 is 2.45 bits per heavy atom. The Kier molecular flexibility index (Phi) is 4.02. The Morgan fingerprint density at radius 2 is 1.77 bits per heavy atom. The predicted molar refractivity (Wildman–Crippen MR) is 88.1 cm³/mol. The summed E-state index contributed by atoms with van der Waals surface area (Å²) in [5.74, 6) is 1.65. The van der Waals surface area contributed by atoms with Gasteiger partial charge in [-0.25, -0.2) is 0 Å². The molecule has 114 valence electrons. The molecule has 22 heavy (non-hydrogen) atoms. The molecule has 0 aliphatic rings. The van der Waals surface area contributed by atoms with Gasteiger partial charge in [-0.2, -0.15) is 0 Å². The minimum Gasteiger partial charge on any atom is -0.497 e. The molecule has 0 aliphatic heterocycles. The largest absolute Gasteiger partial charge is 0.497 e. The molecule has 0 amide bonds. The average Bonchev–Trinajstić information content (AvgIpc) is 2.90. The molecule has 1 aromatic heterocycles. The molecule has 0 spiro atoms. The number of nitrogens with two attached hydrogens (primary N) is 1. The summed E-state index contributed by atoms with van der Waals surface area (Å²) in [5, 5.41) is 1.19. The van der Waals surface area contributed by atoms with Crippen molar-refractivity contribution in [1.29, 1.82) is 0 Å². The van der Waals surface area contributed by atoms with Gasteiger partial charge in [-0.05, 0) is 35.9 Å². The van der Waals surface area contributed by atoms with Crippen molar-refractivity contribution in [2.24, 2.45) is 12.8 Å². The lowest BCUT2D eigenvalue weighted by Gasteiger charge is -2.09. The number of para-hydroxylation sites is 1. The van der Waals surface area contributed by atoms with E-state index < -0.39 is 0 Å². The average molecular weight is 296 g/mol. The maximum atomic E-state index is 5.87. The second-order valence-electron chi connectivity index (χ2n) is 5.22. The maximum absolute atomic E-state index is 5.87. The third kappa shape index (κ3) is 2.65.